The number of carbonyl (C=O) groups excluding carboxylic acids is 1. The van der Waals surface area contributed by atoms with Gasteiger partial charge < -0.3 is 5.32 Å². The number of rotatable bonds is 5. The monoisotopic (exact) mass is 408 g/mol. The maximum atomic E-state index is 14.5. The predicted molar refractivity (Wildman–Crippen MR) is 108 cm³/mol. The number of likely N-dealkylation sites (tertiary alicyclic amines) is 1. The van der Waals surface area contributed by atoms with Crippen molar-refractivity contribution in [1.82, 2.24) is 4.90 Å². The molecule has 2 saturated carbocycles. The van der Waals surface area contributed by atoms with Crippen LogP contribution in [0.25, 0.3) is 0 Å². The smallest absolute Gasteiger partial charge is 0.263 e. The summed E-state index contributed by atoms with van der Waals surface area (Å²) >= 11 is 0. The van der Waals surface area contributed by atoms with E-state index in [0.717, 1.165) is 57.2 Å². The highest BCUT2D eigenvalue weighted by atomic mass is 19.3. The van der Waals surface area contributed by atoms with Gasteiger partial charge in [-0.15, -0.1) is 0 Å². The first-order chi connectivity index (χ1) is 13.7. The van der Waals surface area contributed by atoms with Crippen molar-refractivity contribution in [2.45, 2.75) is 64.2 Å². The maximum Gasteiger partial charge on any atom is 0.263 e. The molecule has 1 heterocycles. The number of alkyl halides is 2. The van der Waals surface area contributed by atoms with Gasteiger partial charge in [0.25, 0.3) is 5.92 Å². The van der Waals surface area contributed by atoms with Crippen LogP contribution in [-0.4, -0.2) is 36.4 Å². The Morgan fingerprint density at radius 2 is 1.79 bits per heavy atom. The second-order valence-corrected chi connectivity index (χ2v) is 9.67. The Bertz CT molecular complexity index is 724. The van der Waals surface area contributed by atoms with Gasteiger partial charge in [0.2, 0.25) is 5.91 Å². The Balaban J connectivity index is 1.24. The van der Waals surface area contributed by atoms with Crippen LogP contribution in [0.1, 0.15) is 56.9 Å². The molecule has 1 aromatic carbocycles. The number of benzene rings is 1. The lowest BCUT2D eigenvalue weighted by Gasteiger charge is -2.54. The van der Waals surface area contributed by atoms with Crippen LogP contribution in [0.3, 0.4) is 0 Å². The molecular formula is C23H31F3N2O. The van der Waals surface area contributed by atoms with Gasteiger partial charge in [0.1, 0.15) is 5.82 Å². The van der Waals surface area contributed by atoms with Crippen molar-refractivity contribution in [3.05, 3.63) is 29.6 Å². The first kappa shape index (κ1) is 20.7. The number of anilines is 1. The predicted octanol–water partition coefficient (Wildman–Crippen LogP) is 5.39. The van der Waals surface area contributed by atoms with Crippen LogP contribution in [0, 0.1) is 30.0 Å². The number of halogens is 3. The van der Waals surface area contributed by atoms with E-state index >= 15 is 0 Å². The molecule has 160 valence electrons. The van der Waals surface area contributed by atoms with Gasteiger partial charge in [-0.25, -0.2) is 13.2 Å². The molecule has 0 unspecified atom stereocenters. The van der Waals surface area contributed by atoms with Crippen LogP contribution in [0.15, 0.2) is 18.2 Å². The van der Waals surface area contributed by atoms with E-state index in [1.54, 1.807) is 13.0 Å². The fourth-order valence-electron chi connectivity index (χ4n) is 5.65. The lowest BCUT2D eigenvalue weighted by Crippen LogP contribution is -2.60. The van der Waals surface area contributed by atoms with Gasteiger partial charge >= 0.3 is 0 Å². The largest absolute Gasteiger partial charge is 0.326 e. The van der Waals surface area contributed by atoms with Gasteiger partial charge in [-0.3, -0.25) is 9.69 Å². The molecule has 3 fully saturated rings. The highest BCUT2D eigenvalue weighted by Crippen LogP contribution is 2.47. The molecule has 1 aromatic rings. The number of nitrogens with one attached hydrogen (secondary N) is 1. The average Bonchev–Trinajstić information content (AvgIpc) is 3.15. The molecule has 6 heteroatoms. The number of carbonyl (C=O) groups is 1. The summed E-state index contributed by atoms with van der Waals surface area (Å²) in [5, 5.41) is 2.84. The number of hydrogen-bond acceptors (Lipinski definition) is 2. The van der Waals surface area contributed by atoms with Gasteiger partial charge in [-0.05, 0) is 74.6 Å². The summed E-state index contributed by atoms with van der Waals surface area (Å²) in [6.45, 7) is 3.14. The summed E-state index contributed by atoms with van der Waals surface area (Å²) < 4.78 is 42.5. The summed E-state index contributed by atoms with van der Waals surface area (Å²) in [6.07, 6.45) is 6.53. The van der Waals surface area contributed by atoms with E-state index in [1.807, 2.05) is 4.90 Å². The zero-order valence-corrected chi connectivity index (χ0v) is 17.2. The summed E-state index contributed by atoms with van der Waals surface area (Å²) in [6, 6.07) is 4.53. The molecule has 1 spiro atoms. The standard InChI is InChI=1S/C23H31F3N2O/c1-16-10-19(24)12-20(11-16)27-21(29)17-6-8-22(9-7-17)13-28(14-22)15-23(25,26)18-4-2-3-5-18/h10-12,17-18H,2-9,13-15H2,1H3,(H,27,29). The third kappa shape index (κ3) is 4.62. The highest BCUT2D eigenvalue weighted by Gasteiger charge is 2.50. The molecule has 29 heavy (non-hydrogen) atoms. The van der Waals surface area contributed by atoms with E-state index in [-0.39, 0.29) is 29.6 Å². The molecule has 0 aromatic heterocycles. The van der Waals surface area contributed by atoms with Crippen LogP contribution in [0.4, 0.5) is 18.9 Å². The van der Waals surface area contributed by atoms with Crippen molar-refractivity contribution in [2.24, 2.45) is 17.3 Å². The van der Waals surface area contributed by atoms with E-state index in [0.29, 0.717) is 18.5 Å². The lowest BCUT2D eigenvalue weighted by molar-refractivity contribution is -0.133. The molecule has 4 rings (SSSR count). The van der Waals surface area contributed by atoms with Gasteiger partial charge in [-0.2, -0.15) is 0 Å². The molecule has 0 atom stereocenters. The SMILES string of the molecule is Cc1cc(F)cc(NC(=O)C2CCC3(CC2)CN(CC(F)(F)C2CCCC2)C3)c1. The van der Waals surface area contributed by atoms with Crippen molar-refractivity contribution >= 4 is 11.6 Å². The van der Waals surface area contributed by atoms with Crippen LogP contribution in [0.2, 0.25) is 0 Å². The summed E-state index contributed by atoms with van der Waals surface area (Å²) in [5.74, 6) is -3.51. The molecular weight excluding hydrogens is 377 g/mol. The molecule has 2 aliphatic carbocycles. The van der Waals surface area contributed by atoms with Crippen molar-refractivity contribution in [1.29, 1.82) is 0 Å². The van der Waals surface area contributed by atoms with Gasteiger partial charge in [0.15, 0.2) is 0 Å². The van der Waals surface area contributed by atoms with Crippen LogP contribution in [-0.2, 0) is 4.79 Å². The summed E-state index contributed by atoms with van der Waals surface area (Å²) in [5.41, 5.74) is 1.38. The summed E-state index contributed by atoms with van der Waals surface area (Å²) in [4.78, 5) is 14.5. The minimum atomic E-state index is -2.57. The van der Waals surface area contributed by atoms with Gasteiger partial charge in [-0.1, -0.05) is 12.8 Å². The topological polar surface area (TPSA) is 32.3 Å². The van der Waals surface area contributed by atoms with Gasteiger partial charge in [0.05, 0.1) is 6.54 Å². The number of nitrogens with zero attached hydrogens (tertiary/aromatic N) is 1. The Morgan fingerprint density at radius 1 is 1.14 bits per heavy atom. The van der Waals surface area contributed by atoms with Crippen LogP contribution in [0.5, 0.6) is 0 Å². The van der Waals surface area contributed by atoms with Crippen LogP contribution >= 0.6 is 0 Å². The highest BCUT2D eigenvalue weighted by molar-refractivity contribution is 5.92. The maximum absolute atomic E-state index is 14.5. The van der Waals surface area contributed by atoms with Crippen molar-refractivity contribution in [3.63, 3.8) is 0 Å². The molecule has 3 nitrogen and oxygen atoms in total. The van der Waals surface area contributed by atoms with E-state index < -0.39 is 11.8 Å². The first-order valence-corrected chi connectivity index (χ1v) is 10.9. The van der Waals surface area contributed by atoms with E-state index in [2.05, 4.69) is 5.32 Å². The molecule has 1 N–H and O–H groups in total. The normalized spacial score (nSPS) is 23.3. The third-order valence-corrected chi connectivity index (χ3v) is 7.23. The Kier molecular flexibility index (Phi) is 5.66. The minimum Gasteiger partial charge on any atom is -0.326 e. The van der Waals surface area contributed by atoms with E-state index in [4.69, 9.17) is 0 Å². The lowest BCUT2D eigenvalue weighted by atomic mass is 9.65. The second kappa shape index (κ2) is 7.93. The third-order valence-electron chi connectivity index (χ3n) is 7.23. The first-order valence-electron chi connectivity index (χ1n) is 10.9. The second-order valence-electron chi connectivity index (χ2n) is 9.67. The Labute approximate surface area is 171 Å². The van der Waals surface area contributed by atoms with Crippen LogP contribution < -0.4 is 5.32 Å². The molecule has 1 amide bonds. The zero-order chi connectivity index (χ0) is 20.6. The number of aryl methyl sites for hydroxylation is 1. The fraction of sp³-hybridized carbons (Fsp3) is 0.696. The molecule has 1 saturated heterocycles. The van der Waals surface area contributed by atoms with Crippen molar-refractivity contribution < 1.29 is 18.0 Å². The summed E-state index contributed by atoms with van der Waals surface area (Å²) in [7, 11) is 0. The van der Waals surface area contributed by atoms with Crippen molar-refractivity contribution in [3.8, 4) is 0 Å². The molecule has 0 bridgehead atoms. The molecule has 3 aliphatic rings. The minimum absolute atomic E-state index is 0.0613. The molecule has 0 radical (unpaired) electrons. The average molecular weight is 409 g/mol. The van der Waals surface area contributed by atoms with E-state index in [9.17, 15) is 18.0 Å². The molecule has 1 aliphatic heterocycles. The van der Waals surface area contributed by atoms with Gasteiger partial charge in [0, 0.05) is 30.6 Å². The zero-order valence-electron chi connectivity index (χ0n) is 17.2. The van der Waals surface area contributed by atoms with Crippen molar-refractivity contribution in [2.75, 3.05) is 25.0 Å². The number of hydrogen-bond donors (Lipinski definition) is 1. The fourth-order valence-corrected chi connectivity index (χ4v) is 5.65. The number of amides is 1. The Hall–Kier alpha value is -1.56. The van der Waals surface area contributed by atoms with E-state index in [1.165, 1.54) is 12.1 Å². The quantitative estimate of drug-likeness (QED) is 0.708. The Morgan fingerprint density at radius 3 is 2.41 bits per heavy atom.